The predicted molar refractivity (Wildman–Crippen MR) is 291 cm³/mol. The van der Waals surface area contributed by atoms with Crippen LogP contribution in [0.5, 0.6) is 0 Å². The molecule has 350 valence electrons. The van der Waals surface area contributed by atoms with Gasteiger partial charge in [0.2, 0.25) is 0 Å². The molecule has 4 aliphatic carbocycles. The summed E-state index contributed by atoms with van der Waals surface area (Å²) in [6.45, 7) is 47.1. The standard InChI is InChI=1S/C64H81BN2/c1-56(2,3)38-28-53-55-54(29-38)67(40-21-23-42-44(31-40)62(14,15)36-61(42,12)13)52-35-48-46(63(16,17)37-64(48,18)19)33-50(52)65(55)49-32-45-47(60(10,11)27-26-59(45,8)9)34-51(49)66(53)39-20-22-41-43(30-39)58(6,7)25-24-57(41,4)5/h20-23,28-35H,24-27,36-37H2,1-19H3. The minimum atomic E-state index is -0.0867. The van der Waals surface area contributed by atoms with Gasteiger partial charge in [0.25, 0.3) is 6.71 Å². The number of hydrogen-bond donors (Lipinski definition) is 0. The number of fused-ring (bicyclic) bond motifs is 8. The number of rotatable bonds is 2. The Morgan fingerprint density at radius 1 is 0.358 bits per heavy atom. The maximum absolute atomic E-state index is 2.76. The fourth-order valence-electron chi connectivity index (χ4n) is 15.3. The highest BCUT2D eigenvalue weighted by Gasteiger charge is 2.51. The summed E-state index contributed by atoms with van der Waals surface area (Å²) in [5.74, 6) is 0. The van der Waals surface area contributed by atoms with E-state index < -0.39 is 0 Å². The minimum absolute atomic E-state index is 0.0624. The third-order valence-corrected chi connectivity index (χ3v) is 19.1. The number of benzene rings is 5. The van der Waals surface area contributed by atoms with Gasteiger partial charge in [-0.2, -0.15) is 0 Å². The summed E-state index contributed by atoms with van der Waals surface area (Å²) in [5.41, 5.74) is 26.6. The Morgan fingerprint density at radius 3 is 1.09 bits per heavy atom. The molecule has 0 spiro atoms. The molecule has 6 aliphatic rings. The lowest BCUT2D eigenvalue weighted by Gasteiger charge is -2.48. The van der Waals surface area contributed by atoms with Crippen molar-refractivity contribution in [3.8, 4) is 0 Å². The second-order valence-electron chi connectivity index (χ2n) is 29.1. The second-order valence-corrected chi connectivity index (χ2v) is 29.1. The maximum atomic E-state index is 2.76. The van der Waals surface area contributed by atoms with Crippen molar-refractivity contribution >= 4 is 57.2 Å². The Labute approximate surface area is 406 Å². The van der Waals surface area contributed by atoms with E-state index in [0.717, 1.165) is 12.8 Å². The summed E-state index contributed by atoms with van der Waals surface area (Å²) < 4.78 is 0. The molecular formula is C64H81BN2. The molecule has 5 aromatic rings. The third-order valence-electron chi connectivity index (χ3n) is 19.1. The van der Waals surface area contributed by atoms with Gasteiger partial charge in [0.05, 0.1) is 0 Å². The van der Waals surface area contributed by atoms with E-state index in [-0.39, 0.29) is 55.4 Å². The molecule has 0 saturated heterocycles. The van der Waals surface area contributed by atoms with Gasteiger partial charge in [0.15, 0.2) is 0 Å². The molecule has 0 bridgehead atoms. The van der Waals surface area contributed by atoms with Crippen LogP contribution in [0.4, 0.5) is 34.1 Å². The Hall–Kier alpha value is -4.24. The molecule has 0 aromatic heterocycles. The Morgan fingerprint density at radius 2 is 0.672 bits per heavy atom. The lowest BCUT2D eigenvalue weighted by Crippen LogP contribution is -2.62. The minimum Gasteiger partial charge on any atom is -0.311 e. The van der Waals surface area contributed by atoms with Crippen LogP contribution in [0.25, 0.3) is 0 Å². The summed E-state index contributed by atoms with van der Waals surface area (Å²) >= 11 is 0. The van der Waals surface area contributed by atoms with Gasteiger partial charge in [-0.25, -0.2) is 0 Å². The van der Waals surface area contributed by atoms with E-state index in [9.17, 15) is 0 Å². The molecule has 0 N–H and O–H groups in total. The first kappa shape index (κ1) is 45.2. The van der Waals surface area contributed by atoms with Crippen molar-refractivity contribution in [3.05, 3.63) is 123 Å². The molecule has 0 fully saturated rings. The van der Waals surface area contributed by atoms with Gasteiger partial charge < -0.3 is 9.80 Å². The van der Waals surface area contributed by atoms with E-state index >= 15 is 0 Å². The molecule has 0 saturated carbocycles. The van der Waals surface area contributed by atoms with Crippen LogP contribution >= 0.6 is 0 Å². The van der Waals surface area contributed by atoms with Crippen LogP contribution in [0.2, 0.25) is 0 Å². The van der Waals surface area contributed by atoms with Gasteiger partial charge in [-0.3, -0.25) is 0 Å². The van der Waals surface area contributed by atoms with Crippen molar-refractivity contribution in [2.45, 2.75) is 219 Å². The maximum Gasteiger partial charge on any atom is 0.252 e. The fourth-order valence-corrected chi connectivity index (χ4v) is 15.3. The van der Waals surface area contributed by atoms with Crippen LogP contribution in [0, 0.1) is 0 Å². The van der Waals surface area contributed by atoms with Crippen LogP contribution < -0.4 is 26.2 Å². The van der Waals surface area contributed by atoms with Gasteiger partial charge in [0.1, 0.15) is 0 Å². The molecule has 2 nitrogen and oxygen atoms in total. The Bertz CT molecular complexity index is 2970. The zero-order valence-corrected chi connectivity index (χ0v) is 45.1. The van der Waals surface area contributed by atoms with E-state index in [1.54, 1.807) is 5.56 Å². The molecular weight excluding hydrogens is 808 g/mol. The van der Waals surface area contributed by atoms with Crippen LogP contribution in [-0.2, 0) is 48.7 Å². The quantitative estimate of drug-likeness (QED) is 0.160. The van der Waals surface area contributed by atoms with E-state index in [1.807, 2.05) is 0 Å². The van der Waals surface area contributed by atoms with Crippen LogP contribution in [0.1, 0.15) is 220 Å². The van der Waals surface area contributed by atoms with Crippen molar-refractivity contribution in [1.29, 1.82) is 0 Å². The van der Waals surface area contributed by atoms with Crippen LogP contribution in [-0.4, -0.2) is 6.71 Å². The lowest BCUT2D eigenvalue weighted by atomic mass is 9.32. The topological polar surface area (TPSA) is 6.48 Å². The summed E-state index contributed by atoms with van der Waals surface area (Å²) in [7, 11) is 0. The summed E-state index contributed by atoms with van der Waals surface area (Å²) in [4.78, 5) is 5.50. The summed E-state index contributed by atoms with van der Waals surface area (Å²) in [5, 5.41) is 0. The molecule has 11 rings (SSSR count). The molecule has 0 radical (unpaired) electrons. The zero-order valence-electron chi connectivity index (χ0n) is 45.1. The normalized spacial score (nSPS) is 23.1. The zero-order chi connectivity index (χ0) is 48.4. The fraction of sp³-hybridized carbons (Fsp3) is 0.531. The van der Waals surface area contributed by atoms with Crippen molar-refractivity contribution in [1.82, 2.24) is 0 Å². The van der Waals surface area contributed by atoms with Gasteiger partial charge in [-0.15, -0.1) is 0 Å². The van der Waals surface area contributed by atoms with Crippen molar-refractivity contribution in [3.63, 3.8) is 0 Å². The third kappa shape index (κ3) is 6.39. The van der Waals surface area contributed by atoms with Crippen molar-refractivity contribution in [2.75, 3.05) is 9.80 Å². The molecule has 2 heterocycles. The highest BCUT2D eigenvalue weighted by atomic mass is 15.2. The van der Waals surface area contributed by atoms with Crippen molar-refractivity contribution in [2.24, 2.45) is 0 Å². The summed E-state index contributed by atoms with van der Waals surface area (Å²) in [6.07, 6.45) is 7.09. The number of anilines is 6. The van der Waals surface area contributed by atoms with Crippen molar-refractivity contribution < 1.29 is 0 Å². The smallest absolute Gasteiger partial charge is 0.252 e. The highest BCUT2D eigenvalue weighted by molar-refractivity contribution is 7.00. The lowest BCUT2D eigenvalue weighted by molar-refractivity contribution is 0.332. The molecule has 3 heteroatoms. The first-order valence-corrected chi connectivity index (χ1v) is 26.2. The molecule has 0 unspecified atom stereocenters. The van der Waals surface area contributed by atoms with E-state index in [4.69, 9.17) is 0 Å². The van der Waals surface area contributed by atoms with Crippen LogP contribution in [0.15, 0.2) is 72.8 Å². The first-order valence-electron chi connectivity index (χ1n) is 26.2. The van der Waals surface area contributed by atoms with Crippen LogP contribution in [0.3, 0.4) is 0 Å². The average molecular weight is 889 g/mol. The molecule has 5 aromatic carbocycles. The molecule has 67 heavy (non-hydrogen) atoms. The Balaban J connectivity index is 1.30. The SMILES string of the molecule is CC(C)(C)c1cc2c3c(c1)N(c1ccc4c(c1)C(C)(C)CC4(C)C)c1cc4c(cc1B3c1cc3c(cc1N2c1ccc2c(c1)C(C)(C)CCC2(C)C)C(C)(C)CCC3(C)C)C(C)(C)CC4(C)C. The van der Waals surface area contributed by atoms with Gasteiger partial charge >= 0.3 is 0 Å². The number of nitrogens with zero attached hydrogens (tertiary/aromatic N) is 2. The average Bonchev–Trinajstić information content (AvgIpc) is 3.52. The summed E-state index contributed by atoms with van der Waals surface area (Å²) in [6, 6.07) is 31.3. The number of hydrogen-bond acceptors (Lipinski definition) is 2. The van der Waals surface area contributed by atoms with E-state index in [0.29, 0.717) is 0 Å². The Kier molecular flexibility index (Phi) is 9.00. The predicted octanol–water partition coefficient (Wildman–Crippen LogP) is 15.7. The van der Waals surface area contributed by atoms with E-state index in [2.05, 4.69) is 214 Å². The van der Waals surface area contributed by atoms with Gasteiger partial charge in [0, 0.05) is 34.1 Å². The van der Waals surface area contributed by atoms with Gasteiger partial charge in [-0.1, -0.05) is 156 Å². The highest BCUT2D eigenvalue weighted by Crippen LogP contribution is 2.57. The second kappa shape index (κ2) is 13.3. The molecule has 0 amide bonds. The largest absolute Gasteiger partial charge is 0.311 e. The van der Waals surface area contributed by atoms with E-state index in [1.165, 1.54) is 121 Å². The monoisotopic (exact) mass is 889 g/mol. The molecule has 0 atom stereocenters. The molecule has 2 aliphatic heterocycles. The van der Waals surface area contributed by atoms with Gasteiger partial charge in [-0.05, 0) is 202 Å². The first-order chi connectivity index (χ1) is 30.8.